The van der Waals surface area contributed by atoms with Crippen molar-refractivity contribution in [2.45, 2.75) is 13.0 Å². The number of carbonyl (C=O) groups excluding carboxylic acids is 1. The molecule has 1 saturated heterocycles. The Hall–Kier alpha value is -2.09. The van der Waals surface area contributed by atoms with Gasteiger partial charge in [-0.2, -0.15) is 5.10 Å². The molecule has 7 nitrogen and oxygen atoms in total. The van der Waals surface area contributed by atoms with Crippen LogP contribution < -0.4 is 0 Å². The number of aryl methyl sites for hydroxylation is 1. The number of carboxylic acid groups (broad SMARTS) is 1. The first-order chi connectivity index (χ1) is 11.9. The van der Waals surface area contributed by atoms with Crippen LogP contribution in [0.4, 0.5) is 0 Å². The van der Waals surface area contributed by atoms with Crippen molar-refractivity contribution in [2.24, 2.45) is 0 Å². The van der Waals surface area contributed by atoms with Gasteiger partial charge in [0, 0.05) is 17.3 Å². The van der Waals surface area contributed by atoms with E-state index in [2.05, 4.69) is 5.10 Å². The number of hydrogen-bond donors (Lipinski definition) is 1. The minimum absolute atomic E-state index is 0.0121. The summed E-state index contributed by atoms with van der Waals surface area (Å²) in [5.74, 6) is -1.44. The molecular weight excluding hydrogens is 369 g/mol. The lowest BCUT2D eigenvalue weighted by molar-refractivity contribution is -0.154. The molecule has 1 atom stereocenters. The molecule has 2 heterocycles. The second kappa shape index (κ2) is 7.03. The number of halogens is 2. The summed E-state index contributed by atoms with van der Waals surface area (Å²) in [5.41, 5.74) is 1.54. The number of aromatic nitrogens is 2. The molecule has 1 aromatic carbocycles. The molecule has 1 unspecified atom stereocenters. The second-order valence-electron chi connectivity index (χ2n) is 5.63. The van der Waals surface area contributed by atoms with Crippen LogP contribution in [0, 0.1) is 6.92 Å². The van der Waals surface area contributed by atoms with Gasteiger partial charge in [-0.1, -0.05) is 23.2 Å². The summed E-state index contributed by atoms with van der Waals surface area (Å²) in [6.07, 6.45) is -1.02. The molecule has 0 bridgehead atoms. The number of hydrogen-bond acceptors (Lipinski definition) is 4. The van der Waals surface area contributed by atoms with Crippen LogP contribution in [0.2, 0.25) is 10.0 Å². The van der Waals surface area contributed by atoms with Gasteiger partial charge in [-0.25, -0.2) is 9.48 Å². The number of nitrogens with zero attached hydrogens (tertiary/aromatic N) is 3. The number of carbonyl (C=O) groups is 2. The molecule has 9 heteroatoms. The highest BCUT2D eigenvalue weighted by Gasteiger charge is 2.30. The van der Waals surface area contributed by atoms with E-state index in [0.29, 0.717) is 22.3 Å². The van der Waals surface area contributed by atoms with Crippen molar-refractivity contribution in [3.05, 3.63) is 45.7 Å². The molecule has 132 valence electrons. The van der Waals surface area contributed by atoms with Crippen molar-refractivity contribution in [1.82, 2.24) is 14.7 Å². The summed E-state index contributed by atoms with van der Waals surface area (Å²) in [6, 6.07) is 6.64. The van der Waals surface area contributed by atoms with E-state index in [1.165, 1.54) is 4.90 Å². The SMILES string of the molecule is Cc1cc(C(=O)N2CCOC(C(=O)O)C2)nn1-c1ccc(Cl)cc1Cl. The summed E-state index contributed by atoms with van der Waals surface area (Å²) >= 11 is 12.1. The van der Waals surface area contributed by atoms with Crippen LogP contribution in [0.25, 0.3) is 5.69 Å². The van der Waals surface area contributed by atoms with Crippen molar-refractivity contribution in [3.63, 3.8) is 0 Å². The first kappa shape index (κ1) is 17.7. The summed E-state index contributed by atoms with van der Waals surface area (Å²) in [6.45, 7) is 2.28. The lowest BCUT2D eigenvalue weighted by Gasteiger charge is -2.30. The van der Waals surface area contributed by atoms with E-state index in [9.17, 15) is 9.59 Å². The lowest BCUT2D eigenvalue weighted by Crippen LogP contribution is -2.48. The Morgan fingerprint density at radius 1 is 1.32 bits per heavy atom. The van der Waals surface area contributed by atoms with Gasteiger partial charge in [-0.05, 0) is 31.2 Å². The molecule has 1 N–H and O–H groups in total. The minimum atomic E-state index is -1.09. The Bertz CT molecular complexity index is 837. The van der Waals surface area contributed by atoms with E-state index in [0.717, 1.165) is 5.69 Å². The van der Waals surface area contributed by atoms with Gasteiger partial charge in [0.15, 0.2) is 11.8 Å². The average Bonchev–Trinajstić information content (AvgIpc) is 2.96. The van der Waals surface area contributed by atoms with Crippen LogP contribution in [-0.2, 0) is 9.53 Å². The third kappa shape index (κ3) is 3.63. The Labute approximate surface area is 153 Å². The Morgan fingerprint density at radius 2 is 2.08 bits per heavy atom. The molecule has 1 aliphatic heterocycles. The van der Waals surface area contributed by atoms with Crippen molar-refractivity contribution in [3.8, 4) is 5.69 Å². The zero-order valence-corrected chi connectivity index (χ0v) is 14.8. The molecule has 0 radical (unpaired) electrons. The first-order valence-electron chi connectivity index (χ1n) is 7.52. The number of carboxylic acids is 1. The monoisotopic (exact) mass is 383 g/mol. The largest absolute Gasteiger partial charge is 0.479 e. The van der Waals surface area contributed by atoms with E-state index >= 15 is 0 Å². The fourth-order valence-electron chi connectivity index (χ4n) is 2.62. The maximum atomic E-state index is 12.7. The maximum absolute atomic E-state index is 12.7. The summed E-state index contributed by atoms with van der Waals surface area (Å²) in [5, 5.41) is 14.3. The Balaban J connectivity index is 1.86. The van der Waals surface area contributed by atoms with Gasteiger partial charge in [0.25, 0.3) is 5.91 Å². The molecule has 3 rings (SSSR count). The normalized spacial score (nSPS) is 17.6. The van der Waals surface area contributed by atoms with E-state index < -0.39 is 12.1 Å². The van der Waals surface area contributed by atoms with E-state index in [1.807, 2.05) is 0 Å². The zero-order valence-electron chi connectivity index (χ0n) is 13.3. The lowest BCUT2D eigenvalue weighted by atomic mass is 10.2. The van der Waals surface area contributed by atoms with Crippen molar-refractivity contribution in [1.29, 1.82) is 0 Å². The van der Waals surface area contributed by atoms with E-state index in [1.54, 1.807) is 35.9 Å². The van der Waals surface area contributed by atoms with E-state index in [-0.39, 0.29) is 24.8 Å². The van der Waals surface area contributed by atoms with Crippen LogP contribution in [0.1, 0.15) is 16.2 Å². The predicted molar refractivity (Wildman–Crippen MR) is 91.6 cm³/mol. The first-order valence-corrected chi connectivity index (χ1v) is 8.28. The topological polar surface area (TPSA) is 84.7 Å². The fourth-order valence-corrected chi connectivity index (χ4v) is 3.11. The van der Waals surface area contributed by atoms with Crippen LogP contribution in [0.15, 0.2) is 24.3 Å². The minimum Gasteiger partial charge on any atom is -0.479 e. The standard InChI is InChI=1S/C16H15Cl2N3O4/c1-9-6-12(15(22)20-4-5-25-14(8-20)16(23)24)19-21(9)13-3-2-10(17)7-11(13)18/h2-3,6-7,14H,4-5,8H2,1H3,(H,23,24). The molecule has 1 aliphatic rings. The maximum Gasteiger partial charge on any atom is 0.334 e. The predicted octanol–water partition coefficient (Wildman–Crippen LogP) is 2.41. The van der Waals surface area contributed by atoms with Gasteiger partial charge in [0.05, 0.1) is 23.9 Å². The third-order valence-electron chi connectivity index (χ3n) is 3.87. The molecule has 0 aliphatic carbocycles. The number of benzene rings is 1. The number of aliphatic carboxylic acids is 1. The summed E-state index contributed by atoms with van der Waals surface area (Å²) < 4.78 is 6.69. The summed E-state index contributed by atoms with van der Waals surface area (Å²) in [4.78, 5) is 25.1. The van der Waals surface area contributed by atoms with Gasteiger partial charge >= 0.3 is 5.97 Å². The molecule has 1 amide bonds. The average molecular weight is 384 g/mol. The molecule has 0 spiro atoms. The number of morpholine rings is 1. The highest BCUT2D eigenvalue weighted by Crippen LogP contribution is 2.25. The Morgan fingerprint density at radius 3 is 2.76 bits per heavy atom. The highest BCUT2D eigenvalue weighted by atomic mass is 35.5. The number of amides is 1. The zero-order chi connectivity index (χ0) is 18.1. The van der Waals surface area contributed by atoms with Crippen LogP contribution in [0.3, 0.4) is 0 Å². The molecule has 1 fully saturated rings. The summed E-state index contributed by atoms with van der Waals surface area (Å²) in [7, 11) is 0. The Kier molecular flexibility index (Phi) is 4.99. The quantitative estimate of drug-likeness (QED) is 0.879. The molecule has 25 heavy (non-hydrogen) atoms. The van der Waals surface area contributed by atoms with Gasteiger partial charge in [0.1, 0.15) is 0 Å². The third-order valence-corrected chi connectivity index (χ3v) is 4.41. The fraction of sp³-hybridized carbons (Fsp3) is 0.312. The van der Waals surface area contributed by atoms with Gasteiger partial charge < -0.3 is 14.7 Å². The molecule has 1 aromatic heterocycles. The van der Waals surface area contributed by atoms with Gasteiger partial charge in [-0.3, -0.25) is 4.79 Å². The van der Waals surface area contributed by atoms with Crippen LogP contribution in [0.5, 0.6) is 0 Å². The van der Waals surface area contributed by atoms with Gasteiger partial charge in [-0.15, -0.1) is 0 Å². The molecule has 0 saturated carbocycles. The van der Waals surface area contributed by atoms with Crippen molar-refractivity contribution >= 4 is 35.1 Å². The molecule has 2 aromatic rings. The van der Waals surface area contributed by atoms with Crippen LogP contribution in [-0.4, -0.2) is 57.5 Å². The number of rotatable bonds is 3. The van der Waals surface area contributed by atoms with Crippen molar-refractivity contribution in [2.75, 3.05) is 19.7 Å². The molecular formula is C16H15Cl2N3O4. The smallest absolute Gasteiger partial charge is 0.334 e. The second-order valence-corrected chi connectivity index (χ2v) is 6.47. The number of ether oxygens (including phenoxy) is 1. The van der Waals surface area contributed by atoms with Crippen LogP contribution >= 0.6 is 23.2 Å². The van der Waals surface area contributed by atoms with Crippen molar-refractivity contribution < 1.29 is 19.4 Å². The van der Waals surface area contributed by atoms with Gasteiger partial charge in [0.2, 0.25) is 0 Å². The highest BCUT2D eigenvalue weighted by molar-refractivity contribution is 6.35. The van der Waals surface area contributed by atoms with E-state index in [4.69, 9.17) is 33.0 Å².